The van der Waals surface area contributed by atoms with Crippen molar-refractivity contribution < 1.29 is 0 Å². The first kappa shape index (κ1) is 12.8. The molecule has 0 bridgehead atoms. The minimum absolute atomic E-state index is 0.702. The zero-order chi connectivity index (χ0) is 9.78. The molecule has 0 aliphatic carbocycles. The zero-order valence-electron chi connectivity index (χ0n) is 8.51. The van der Waals surface area contributed by atoms with Crippen LogP contribution >= 0.6 is 11.8 Å². The van der Waals surface area contributed by atoms with Gasteiger partial charge in [-0.3, -0.25) is 0 Å². The van der Waals surface area contributed by atoms with Gasteiger partial charge in [0.2, 0.25) is 0 Å². The molecule has 0 aromatic rings. The lowest BCUT2D eigenvalue weighted by Gasteiger charge is -2.02. The monoisotopic (exact) mass is 200 g/mol. The van der Waals surface area contributed by atoms with Crippen molar-refractivity contribution in [1.29, 1.82) is 5.26 Å². The molecular weight excluding hydrogens is 180 g/mol. The molecule has 0 rings (SSSR count). The number of rotatable bonds is 9. The van der Waals surface area contributed by atoms with Crippen LogP contribution in [0, 0.1) is 11.3 Å². The zero-order valence-corrected chi connectivity index (χ0v) is 9.33. The third kappa shape index (κ3) is 11.8. The molecule has 3 heteroatoms. The molecule has 0 aromatic carbocycles. The highest BCUT2D eigenvalue weighted by Gasteiger charge is 1.89. The fraction of sp³-hybridized carbons (Fsp3) is 0.900. The van der Waals surface area contributed by atoms with Gasteiger partial charge in [-0.2, -0.15) is 17.0 Å². The number of hydrogen-bond donors (Lipinski definition) is 1. The van der Waals surface area contributed by atoms with E-state index in [0.29, 0.717) is 6.42 Å². The number of unbranched alkanes of at least 4 members (excludes halogenated alkanes) is 2. The van der Waals surface area contributed by atoms with Gasteiger partial charge >= 0.3 is 0 Å². The summed E-state index contributed by atoms with van der Waals surface area (Å²) in [6.07, 6.45) is 4.13. The number of nitrogens with zero attached hydrogens (tertiary/aromatic N) is 1. The smallest absolute Gasteiger partial charge is 0.0621 e. The van der Waals surface area contributed by atoms with Gasteiger partial charge in [0.1, 0.15) is 0 Å². The van der Waals surface area contributed by atoms with Gasteiger partial charge in [0.15, 0.2) is 0 Å². The SMILES string of the molecule is CCSCCCNCCCCC#N. The van der Waals surface area contributed by atoms with Crippen LogP contribution in [-0.2, 0) is 0 Å². The summed E-state index contributed by atoms with van der Waals surface area (Å²) >= 11 is 2.00. The molecular formula is C10H20N2S. The molecule has 1 N–H and O–H groups in total. The molecule has 0 aromatic heterocycles. The summed E-state index contributed by atoms with van der Waals surface area (Å²) in [6.45, 7) is 4.39. The van der Waals surface area contributed by atoms with Crippen LogP contribution < -0.4 is 5.32 Å². The summed E-state index contributed by atoms with van der Waals surface area (Å²) in [7, 11) is 0. The van der Waals surface area contributed by atoms with Crippen molar-refractivity contribution in [3.8, 4) is 6.07 Å². The Morgan fingerprint density at radius 2 is 2.00 bits per heavy atom. The second kappa shape index (κ2) is 11.8. The Morgan fingerprint density at radius 1 is 1.23 bits per heavy atom. The van der Waals surface area contributed by atoms with Crippen LogP contribution in [0.25, 0.3) is 0 Å². The third-order valence-corrected chi connectivity index (χ3v) is 2.72. The van der Waals surface area contributed by atoms with E-state index in [0.717, 1.165) is 25.9 Å². The Kier molecular flexibility index (Phi) is 11.6. The number of hydrogen-bond acceptors (Lipinski definition) is 3. The van der Waals surface area contributed by atoms with E-state index in [-0.39, 0.29) is 0 Å². The molecule has 13 heavy (non-hydrogen) atoms. The molecule has 76 valence electrons. The van der Waals surface area contributed by atoms with E-state index in [1.54, 1.807) is 0 Å². The molecule has 0 amide bonds. The van der Waals surface area contributed by atoms with Gasteiger partial charge in [-0.15, -0.1) is 0 Å². The molecule has 0 aliphatic rings. The summed E-state index contributed by atoms with van der Waals surface area (Å²) < 4.78 is 0. The third-order valence-electron chi connectivity index (χ3n) is 1.74. The average Bonchev–Trinajstić information content (AvgIpc) is 2.16. The number of thioether (sulfide) groups is 1. The molecule has 0 spiro atoms. The van der Waals surface area contributed by atoms with Crippen LogP contribution in [0.4, 0.5) is 0 Å². The van der Waals surface area contributed by atoms with Gasteiger partial charge in [-0.05, 0) is 43.9 Å². The fourth-order valence-corrected chi connectivity index (χ4v) is 1.66. The summed E-state index contributed by atoms with van der Waals surface area (Å²) in [4.78, 5) is 0. The maximum Gasteiger partial charge on any atom is 0.0621 e. The van der Waals surface area contributed by atoms with Crippen LogP contribution in [-0.4, -0.2) is 24.6 Å². The normalized spacial score (nSPS) is 9.85. The van der Waals surface area contributed by atoms with Crippen molar-refractivity contribution >= 4 is 11.8 Å². The molecule has 0 unspecified atom stereocenters. The topological polar surface area (TPSA) is 35.8 Å². The highest BCUT2D eigenvalue weighted by Crippen LogP contribution is 1.99. The van der Waals surface area contributed by atoms with Gasteiger partial charge < -0.3 is 5.32 Å². The van der Waals surface area contributed by atoms with Crippen molar-refractivity contribution in [2.24, 2.45) is 0 Å². The second-order valence-corrected chi connectivity index (χ2v) is 4.31. The molecule has 0 saturated carbocycles. The summed E-state index contributed by atoms with van der Waals surface area (Å²) in [5.41, 5.74) is 0. The maximum absolute atomic E-state index is 8.29. The van der Waals surface area contributed by atoms with E-state index >= 15 is 0 Å². The quantitative estimate of drug-likeness (QED) is 0.581. The first-order chi connectivity index (χ1) is 6.41. The highest BCUT2D eigenvalue weighted by molar-refractivity contribution is 7.99. The molecule has 0 aliphatic heterocycles. The lowest BCUT2D eigenvalue weighted by Crippen LogP contribution is -2.17. The Morgan fingerprint density at radius 3 is 2.69 bits per heavy atom. The predicted molar refractivity (Wildman–Crippen MR) is 59.9 cm³/mol. The first-order valence-electron chi connectivity index (χ1n) is 5.07. The Balaban J connectivity index is 2.80. The summed E-state index contributed by atoms with van der Waals surface area (Å²) in [5, 5.41) is 11.7. The molecule has 0 heterocycles. The summed E-state index contributed by atoms with van der Waals surface area (Å²) in [6, 6.07) is 2.16. The predicted octanol–water partition coefficient (Wildman–Crippen LogP) is 2.41. The van der Waals surface area contributed by atoms with Crippen LogP contribution in [0.2, 0.25) is 0 Å². The van der Waals surface area contributed by atoms with E-state index in [4.69, 9.17) is 5.26 Å². The lowest BCUT2D eigenvalue weighted by atomic mass is 10.2. The van der Waals surface area contributed by atoms with Crippen LogP contribution in [0.3, 0.4) is 0 Å². The minimum Gasteiger partial charge on any atom is -0.317 e. The first-order valence-corrected chi connectivity index (χ1v) is 6.22. The second-order valence-electron chi connectivity index (χ2n) is 2.92. The number of nitriles is 1. The Bertz CT molecular complexity index is 131. The van der Waals surface area contributed by atoms with Crippen molar-refractivity contribution in [2.75, 3.05) is 24.6 Å². The van der Waals surface area contributed by atoms with Crippen molar-refractivity contribution in [1.82, 2.24) is 5.32 Å². The van der Waals surface area contributed by atoms with Crippen molar-refractivity contribution in [2.45, 2.75) is 32.6 Å². The van der Waals surface area contributed by atoms with E-state index in [1.807, 2.05) is 11.8 Å². The molecule has 0 atom stereocenters. The van der Waals surface area contributed by atoms with E-state index in [2.05, 4.69) is 18.3 Å². The van der Waals surface area contributed by atoms with Gasteiger partial charge in [0.25, 0.3) is 0 Å². The Labute approximate surface area is 86.1 Å². The van der Waals surface area contributed by atoms with Crippen LogP contribution in [0.5, 0.6) is 0 Å². The van der Waals surface area contributed by atoms with E-state index in [1.165, 1.54) is 17.9 Å². The molecule has 0 radical (unpaired) electrons. The van der Waals surface area contributed by atoms with E-state index < -0.39 is 0 Å². The lowest BCUT2D eigenvalue weighted by molar-refractivity contribution is 0.624. The molecule has 2 nitrogen and oxygen atoms in total. The number of nitrogens with one attached hydrogen (secondary N) is 1. The summed E-state index contributed by atoms with van der Waals surface area (Å²) in [5.74, 6) is 2.49. The van der Waals surface area contributed by atoms with Gasteiger partial charge in [-0.1, -0.05) is 6.92 Å². The fourth-order valence-electron chi connectivity index (χ4n) is 1.02. The molecule has 0 saturated heterocycles. The maximum atomic E-state index is 8.29. The minimum atomic E-state index is 0.702. The van der Waals surface area contributed by atoms with Crippen molar-refractivity contribution in [3.63, 3.8) is 0 Å². The highest BCUT2D eigenvalue weighted by atomic mass is 32.2. The largest absolute Gasteiger partial charge is 0.317 e. The van der Waals surface area contributed by atoms with Gasteiger partial charge in [-0.25, -0.2) is 0 Å². The van der Waals surface area contributed by atoms with Crippen molar-refractivity contribution in [3.05, 3.63) is 0 Å². The van der Waals surface area contributed by atoms with Crippen LogP contribution in [0.15, 0.2) is 0 Å². The van der Waals surface area contributed by atoms with Crippen LogP contribution in [0.1, 0.15) is 32.6 Å². The van der Waals surface area contributed by atoms with Gasteiger partial charge in [0.05, 0.1) is 6.07 Å². The van der Waals surface area contributed by atoms with Gasteiger partial charge in [0, 0.05) is 6.42 Å². The standard InChI is InChI=1S/C10H20N2S/c1-2-13-10-6-9-12-8-5-3-4-7-11/h12H,2-6,8-10H2,1H3. The average molecular weight is 200 g/mol. The van der Waals surface area contributed by atoms with E-state index in [9.17, 15) is 0 Å². The molecule has 0 fully saturated rings. The Hall–Kier alpha value is -0.200.